The Labute approximate surface area is 113 Å². The molecule has 98 valence electrons. The summed E-state index contributed by atoms with van der Waals surface area (Å²) in [6.45, 7) is 6.98. The van der Waals surface area contributed by atoms with Gasteiger partial charge in [0.2, 0.25) is 0 Å². The summed E-state index contributed by atoms with van der Waals surface area (Å²) in [4.78, 5) is 0. The van der Waals surface area contributed by atoms with Crippen LogP contribution in [0.2, 0.25) is 0 Å². The van der Waals surface area contributed by atoms with Crippen molar-refractivity contribution >= 4 is 11.8 Å². The van der Waals surface area contributed by atoms with Crippen molar-refractivity contribution in [2.24, 2.45) is 5.41 Å². The van der Waals surface area contributed by atoms with Crippen LogP contribution in [-0.4, -0.2) is 5.75 Å². The molecule has 0 bridgehead atoms. The van der Waals surface area contributed by atoms with E-state index in [2.05, 4.69) is 26.7 Å². The molecule has 0 aromatic carbocycles. The summed E-state index contributed by atoms with van der Waals surface area (Å²) < 4.78 is 0. The smallest absolute Gasteiger partial charge is 0.00258 e. The van der Waals surface area contributed by atoms with Gasteiger partial charge in [-0.15, -0.1) is 18.2 Å². The van der Waals surface area contributed by atoms with Crippen LogP contribution in [0.15, 0.2) is 11.5 Å². The molecule has 0 spiro atoms. The molecular weight excluding hydrogens is 224 g/mol. The number of rotatable bonds is 9. The molecule has 0 aliphatic carbocycles. The summed E-state index contributed by atoms with van der Waals surface area (Å²) in [6.07, 6.45) is 16.5. The summed E-state index contributed by atoms with van der Waals surface area (Å²) in [5.41, 5.74) is 0.514. The van der Waals surface area contributed by atoms with Crippen LogP contribution < -0.4 is 0 Å². The Bertz CT molecular complexity index is 227. The first-order valence-electron chi connectivity index (χ1n) is 6.79. The molecule has 0 aliphatic rings. The zero-order valence-electron chi connectivity index (χ0n) is 11.8. The van der Waals surface area contributed by atoms with Gasteiger partial charge in [-0.25, -0.2) is 0 Å². The highest BCUT2D eigenvalue weighted by Crippen LogP contribution is 2.22. The highest BCUT2D eigenvalue weighted by Gasteiger charge is 2.08. The number of hydrogen-bond donors (Lipinski definition) is 0. The Morgan fingerprint density at radius 3 is 2.18 bits per heavy atom. The van der Waals surface area contributed by atoms with Crippen molar-refractivity contribution in [1.82, 2.24) is 0 Å². The molecule has 0 radical (unpaired) electrons. The van der Waals surface area contributed by atoms with E-state index in [1.807, 2.05) is 17.2 Å². The van der Waals surface area contributed by atoms with E-state index in [0.717, 1.165) is 0 Å². The maximum atomic E-state index is 5.12. The van der Waals surface area contributed by atoms with Crippen LogP contribution in [0.25, 0.3) is 0 Å². The first-order valence-corrected chi connectivity index (χ1v) is 7.84. The molecule has 0 N–H and O–H groups in total. The fourth-order valence-corrected chi connectivity index (χ4v) is 2.38. The number of allylic oxidation sites excluding steroid dienone is 1. The molecular formula is C16H28S. The summed E-state index contributed by atoms with van der Waals surface area (Å²) in [5.74, 6) is 3.71. The van der Waals surface area contributed by atoms with Crippen LogP contribution in [0.1, 0.15) is 65.7 Å². The summed E-state index contributed by atoms with van der Waals surface area (Å²) in [7, 11) is 0. The number of unbranched alkanes of at least 4 members (excludes halogenated alkanes) is 5. The van der Waals surface area contributed by atoms with Gasteiger partial charge >= 0.3 is 0 Å². The number of hydrogen-bond acceptors (Lipinski definition) is 1. The molecule has 0 saturated carbocycles. The van der Waals surface area contributed by atoms with Crippen molar-refractivity contribution in [3.05, 3.63) is 11.5 Å². The molecule has 0 fully saturated rings. The Balaban J connectivity index is 3.09. The van der Waals surface area contributed by atoms with Crippen LogP contribution in [0.5, 0.6) is 0 Å². The van der Waals surface area contributed by atoms with Crippen LogP contribution in [0.4, 0.5) is 0 Å². The summed E-state index contributed by atoms with van der Waals surface area (Å²) in [5, 5.41) is 2.02. The molecule has 0 unspecified atom stereocenters. The van der Waals surface area contributed by atoms with Crippen molar-refractivity contribution in [1.29, 1.82) is 0 Å². The van der Waals surface area contributed by atoms with Crippen LogP contribution in [0, 0.1) is 17.8 Å². The Morgan fingerprint density at radius 2 is 1.59 bits per heavy atom. The van der Waals surface area contributed by atoms with E-state index in [1.54, 1.807) is 6.08 Å². The SMILES string of the molecule is C#CC=CSCCCCCCCCC(C)(C)C. The average Bonchev–Trinajstić information content (AvgIpc) is 2.24. The molecule has 0 aromatic heterocycles. The van der Waals surface area contributed by atoms with Gasteiger partial charge in [-0.1, -0.05) is 58.8 Å². The number of thioether (sulfide) groups is 1. The van der Waals surface area contributed by atoms with Gasteiger partial charge in [0.1, 0.15) is 0 Å². The third kappa shape index (κ3) is 15.6. The Hall–Kier alpha value is -0.350. The lowest BCUT2D eigenvalue weighted by molar-refractivity contribution is 0.356. The molecule has 0 nitrogen and oxygen atoms in total. The monoisotopic (exact) mass is 252 g/mol. The van der Waals surface area contributed by atoms with Crippen LogP contribution >= 0.6 is 11.8 Å². The molecule has 0 saturated heterocycles. The van der Waals surface area contributed by atoms with Crippen LogP contribution in [-0.2, 0) is 0 Å². The fourth-order valence-electron chi connectivity index (χ4n) is 1.70. The quantitative estimate of drug-likeness (QED) is 0.378. The average molecular weight is 252 g/mol. The predicted molar refractivity (Wildman–Crippen MR) is 82.2 cm³/mol. The third-order valence-electron chi connectivity index (χ3n) is 2.70. The van der Waals surface area contributed by atoms with Gasteiger partial charge in [0.15, 0.2) is 0 Å². The molecule has 0 atom stereocenters. The first kappa shape index (κ1) is 16.6. The molecule has 0 heterocycles. The number of terminal acetylenes is 1. The van der Waals surface area contributed by atoms with E-state index in [9.17, 15) is 0 Å². The van der Waals surface area contributed by atoms with Crippen LogP contribution in [0.3, 0.4) is 0 Å². The van der Waals surface area contributed by atoms with Gasteiger partial charge < -0.3 is 0 Å². The topological polar surface area (TPSA) is 0 Å². The highest BCUT2D eigenvalue weighted by atomic mass is 32.2. The maximum absolute atomic E-state index is 5.12. The second kappa shape index (κ2) is 10.8. The van der Waals surface area contributed by atoms with E-state index in [-0.39, 0.29) is 0 Å². The Kier molecular flexibility index (Phi) is 10.6. The van der Waals surface area contributed by atoms with Gasteiger partial charge in [0.05, 0.1) is 0 Å². The lowest BCUT2D eigenvalue weighted by Gasteiger charge is -2.17. The fraction of sp³-hybridized carbons (Fsp3) is 0.750. The minimum atomic E-state index is 0.514. The van der Waals surface area contributed by atoms with Crippen molar-refractivity contribution in [2.45, 2.75) is 65.7 Å². The van der Waals surface area contributed by atoms with E-state index in [0.29, 0.717) is 5.41 Å². The lowest BCUT2D eigenvalue weighted by atomic mass is 9.89. The molecule has 0 rings (SSSR count). The minimum Gasteiger partial charge on any atom is -0.133 e. The van der Waals surface area contributed by atoms with E-state index in [4.69, 9.17) is 6.42 Å². The van der Waals surface area contributed by atoms with Crippen molar-refractivity contribution in [3.8, 4) is 12.3 Å². The Morgan fingerprint density at radius 1 is 1.00 bits per heavy atom. The largest absolute Gasteiger partial charge is 0.133 e. The summed E-state index contributed by atoms with van der Waals surface area (Å²) in [6, 6.07) is 0. The van der Waals surface area contributed by atoms with Crippen molar-refractivity contribution < 1.29 is 0 Å². The van der Waals surface area contributed by atoms with Gasteiger partial charge in [-0.2, -0.15) is 0 Å². The second-order valence-corrected chi connectivity index (χ2v) is 6.79. The zero-order valence-corrected chi connectivity index (χ0v) is 12.6. The predicted octanol–water partition coefficient (Wildman–Crippen LogP) is 5.64. The first-order chi connectivity index (χ1) is 8.06. The summed E-state index contributed by atoms with van der Waals surface area (Å²) >= 11 is 1.83. The minimum absolute atomic E-state index is 0.514. The standard InChI is InChI=1S/C16H28S/c1-5-6-14-17-15-12-10-8-7-9-11-13-16(2,3)4/h1,6,14H,7-13,15H2,2-4H3. The van der Waals surface area contributed by atoms with Gasteiger partial charge in [0.25, 0.3) is 0 Å². The van der Waals surface area contributed by atoms with E-state index < -0.39 is 0 Å². The van der Waals surface area contributed by atoms with E-state index in [1.165, 1.54) is 50.7 Å². The molecule has 0 aliphatic heterocycles. The second-order valence-electron chi connectivity index (χ2n) is 5.77. The molecule has 0 aromatic rings. The van der Waals surface area contributed by atoms with E-state index >= 15 is 0 Å². The maximum Gasteiger partial charge on any atom is -0.00258 e. The van der Waals surface area contributed by atoms with Gasteiger partial charge in [-0.3, -0.25) is 0 Å². The molecule has 17 heavy (non-hydrogen) atoms. The zero-order chi connectivity index (χ0) is 13.0. The lowest BCUT2D eigenvalue weighted by Crippen LogP contribution is -2.03. The molecule has 0 amide bonds. The van der Waals surface area contributed by atoms with Gasteiger partial charge in [0, 0.05) is 0 Å². The normalized spacial score (nSPS) is 11.9. The third-order valence-corrected chi connectivity index (χ3v) is 3.55. The highest BCUT2D eigenvalue weighted by molar-refractivity contribution is 8.02. The van der Waals surface area contributed by atoms with Crippen molar-refractivity contribution in [3.63, 3.8) is 0 Å². The van der Waals surface area contributed by atoms with Gasteiger partial charge in [-0.05, 0) is 35.5 Å². The van der Waals surface area contributed by atoms with Crippen molar-refractivity contribution in [2.75, 3.05) is 5.75 Å². The molecule has 1 heteroatoms.